The van der Waals surface area contributed by atoms with Gasteiger partial charge in [-0.25, -0.2) is 17.2 Å². The summed E-state index contributed by atoms with van der Waals surface area (Å²) in [6.45, 7) is 2.69. The van der Waals surface area contributed by atoms with Crippen LogP contribution in [-0.4, -0.2) is 49.7 Å². The molecule has 2 N–H and O–H groups in total. The third-order valence-electron chi connectivity index (χ3n) is 8.20. The number of carbonyl (C=O) groups is 2. The molecule has 0 radical (unpaired) electrons. The molecule has 2 aliphatic rings. The van der Waals surface area contributed by atoms with Gasteiger partial charge in [-0.3, -0.25) is 4.79 Å². The van der Waals surface area contributed by atoms with Crippen LogP contribution in [0.4, 0.5) is 35.1 Å². The van der Waals surface area contributed by atoms with E-state index in [1.54, 1.807) is 0 Å². The lowest BCUT2D eigenvalue weighted by atomic mass is 9.71. The quantitative estimate of drug-likeness (QED) is 0.246. The van der Waals surface area contributed by atoms with Crippen LogP contribution in [0, 0.1) is 17.7 Å². The Kier molecular flexibility index (Phi) is 8.04. The Morgan fingerprint density at radius 1 is 1.02 bits per heavy atom. The molecule has 1 unspecified atom stereocenters. The largest absolute Gasteiger partial charge is 0.435 e. The van der Waals surface area contributed by atoms with Gasteiger partial charge in [-0.15, -0.1) is 0 Å². The fraction of sp³-hybridized carbons (Fsp3) is 0.500. The number of aldehydes is 1. The molecular weight excluding hydrogens is 614 g/mol. The third-order valence-corrected chi connectivity index (χ3v) is 10.8. The number of fused-ring (bicyclic) bond motifs is 3. The second kappa shape index (κ2) is 10.5. The molecular formula is C28H27F8NO5S. The van der Waals surface area contributed by atoms with E-state index in [0.717, 1.165) is 24.3 Å². The average Bonchev–Trinajstić information content (AvgIpc) is 3.20. The van der Waals surface area contributed by atoms with Crippen LogP contribution in [0.15, 0.2) is 47.4 Å². The van der Waals surface area contributed by atoms with E-state index in [2.05, 4.69) is 5.32 Å². The van der Waals surface area contributed by atoms with Crippen LogP contribution < -0.4 is 5.32 Å². The summed E-state index contributed by atoms with van der Waals surface area (Å²) in [4.78, 5) is 24.8. The zero-order valence-corrected chi connectivity index (χ0v) is 23.5. The van der Waals surface area contributed by atoms with Crippen LogP contribution in [0.1, 0.15) is 49.8 Å². The molecule has 2 aromatic carbocycles. The number of amides is 1. The summed E-state index contributed by atoms with van der Waals surface area (Å²) in [5.74, 6) is -4.13. The van der Waals surface area contributed by atoms with Crippen LogP contribution in [0.25, 0.3) is 0 Å². The van der Waals surface area contributed by atoms with Crippen molar-refractivity contribution in [3.8, 4) is 0 Å². The molecule has 0 bridgehead atoms. The molecule has 0 saturated heterocycles. The first-order valence-electron chi connectivity index (χ1n) is 13.0. The predicted molar refractivity (Wildman–Crippen MR) is 135 cm³/mol. The van der Waals surface area contributed by atoms with Crippen molar-refractivity contribution in [2.45, 2.75) is 78.8 Å². The van der Waals surface area contributed by atoms with Gasteiger partial charge in [0, 0.05) is 23.4 Å². The first-order chi connectivity index (χ1) is 19.6. The first-order valence-corrected chi connectivity index (χ1v) is 14.5. The lowest BCUT2D eigenvalue weighted by Gasteiger charge is -2.44. The fourth-order valence-corrected chi connectivity index (χ4v) is 9.12. The number of rotatable bonds is 7. The van der Waals surface area contributed by atoms with Gasteiger partial charge in [0.1, 0.15) is 16.9 Å². The third kappa shape index (κ3) is 5.21. The summed E-state index contributed by atoms with van der Waals surface area (Å²) in [7, 11) is -4.80. The number of aliphatic hydroxyl groups is 1. The molecule has 0 spiro atoms. The van der Waals surface area contributed by atoms with Crippen LogP contribution >= 0.6 is 0 Å². The SMILES string of the molecule is CC(C)(O)CC(=O)N[C@@H]1CC(C=O)[C@]2(S(=O)(=O)c3ccc(F)cc3)c3ccc(C(F)(C(F)(F)F)C(F)(F)F)cc3CC[C@@H]12. The summed E-state index contributed by atoms with van der Waals surface area (Å²) >= 11 is 0. The van der Waals surface area contributed by atoms with Gasteiger partial charge < -0.3 is 15.2 Å². The average molecular weight is 642 g/mol. The molecule has 0 aromatic heterocycles. The van der Waals surface area contributed by atoms with E-state index < -0.39 is 84.7 Å². The number of halogens is 8. The summed E-state index contributed by atoms with van der Waals surface area (Å²) in [6, 6.07) is 3.59. The second-order valence-corrected chi connectivity index (χ2v) is 13.7. The number of nitrogens with one attached hydrogen (secondary N) is 1. The maximum atomic E-state index is 15.0. The van der Waals surface area contributed by atoms with E-state index in [1.807, 2.05) is 0 Å². The number of alkyl halides is 7. The molecule has 1 fully saturated rings. The van der Waals surface area contributed by atoms with Crippen LogP contribution in [-0.2, 0) is 36.3 Å². The minimum Gasteiger partial charge on any atom is -0.390 e. The molecule has 0 aliphatic heterocycles. The molecule has 6 nitrogen and oxygen atoms in total. The Labute approximate surface area is 241 Å². The van der Waals surface area contributed by atoms with Gasteiger partial charge in [0.25, 0.3) is 0 Å². The monoisotopic (exact) mass is 641 g/mol. The van der Waals surface area contributed by atoms with Gasteiger partial charge >= 0.3 is 18.0 Å². The number of hydrogen-bond donors (Lipinski definition) is 2. The number of benzene rings is 2. The molecule has 15 heteroatoms. The van der Waals surface area contributed by atoms with Crippen molar-refractivity contribution in [1.29, 1.82) is 0 Å². The molecule has 2 aliphatic carbocycles. The van der Waals surface area contributed by atoms with Crippen molar-refractivity contribution in [2.24, 2.45) is 11.8 Å². The maximum absolute atomic E-state index is 15.0. The Balaban J connectivity index is 1.97. The maximum Gasteiger partial charge on any atom is 0.435 e. The molecule has 43 heavy (non-hydrogen) atoms. The van der Waals surface area contributed by atoms with Crippen LogP contribution in [0.3, 0.4) is 0 Å². The standard InChI is InChI=1S/C28H27F8NO5S/c1-24(2,40)13-23(39)37-22-12-17(14-38)25(43(41,42)19-7-5-18(29)6-8-19)20-10-4-16(11-15(20)3-9-21(22)25)26(30,27(31,32)33)28(34,35)36/h4-8,10-11,14,17,21-22,40H,3,9,12-13H2,1-2H3,(H,37,39)/t17?,21-,22+,25-/m0/s1. The number of hydrogen-bond acceptors (Lipinski definition) is 5. The highest BCUT2D eigenvalue weighted by Crippen LogP contribution is 2.60. The Morgan fingerprint density at radius 2 is 1.60 bits per heavy atom. The van der Waals surface area contributed by atoms with Crippen LogP contribution in [0.2, 0.25) is 0 Å². The molecule has 2 aromatic rings. The van der Waals surface area contributed by atoms with Crippen molar-refractivity contribution in [3.63, 3.8) is 0 Å². The smallest absolute Gasteiger partial charge is 0.390 e. The van der Waals surface area contributed by atoms with Crippen molar-refractivity contribution in [1.82, 2.24) is 5.32 Å². The van der Waals surface area contributed by atoms with Crippen molar-refractivity contribution >= 4 is 22.0 Å². The summed E-state index contributed by atoms with van der Waals surface area (Å²) in [6.07, 6.45) is -13.8. The summed E-state index contributed by atoms with van der Waals surface area (Å²) in [5, 5.41) is 12.7. The molecule has 1 amide bonds. The van der Waals surface area contributed by atoms with E-state index in [9.17, 15) is 58.2 Å². The minimum atomic E-state index is -6.41. The van der Waals surface area contributed by atoms with Gasteiger partial charge in [0.15, 0.2) is 9.84 Å². The topological polar surface area (TPSA) is 101 Å². The first kappa shape index (κ1) is 32.8. The van der Waals surface area contributed by atoms with Crippen molar-refractivity contribution in [3.05, 3.63) is 65.0 Å². The lowest BCUT2D eigenvalue weighted by Crippen LogP contribution is -2.53. The van der Waals surface area contributed by atoms with E-state index in [1.165, 1.54) is 13.8 Å². The molecule has 4 rings (SSSR count). The summed E-state index contributed by atoms with van der Waals surface area (Å²) in [5.41, 5.74) is -9.72. The number of aryl methyl sites for hydroxylation is 1. The minimum absolute atomic E-state index is 0.201. The highest BCUT2D eigenvalue weighted by Gasteiger charge is 2.74. The van der Waals surface area contributed by atoms with Crippen LogP contribution in [0.5, 0.6) is 0 Å². The van der Waals surface area contributed by atoms with Gasteiger partial charge in [-0.1, -0.05) is 18.2 Å². The molecule has 0 heterocycles. The zero-order chi connectivity index (χ0) is 32.4. The lowest BCUT2D eigenvalue weighted by molar-refractivity contribution is -0.348. The molecule has 1 saturated carbocycles. The predicted octanol–water partition coefficient (Wildman–Crippen LogP) is 5.21. The van der Waals surface area contributed by atoms with Gasteiger partial charge in [0.05, 0.1) is 16.9 Å². The fourth-order valence-electron chi connectivity index (χ4n) is 6.52. The number of sulfone groups is 1. The zero-order valence-electron chi connectivity index (χ0n) is 22.7. The van der Waals surface area contributed by atoms with Gasteiger partial charge in [-0.05, 0) is 68.5 Å². The van der Waals surface area contributed by atoms with Crippen molar-refractivity contribution in [2.75, 3.05) is 0 Å². The normalized spacial score (nSPS) is 24.7. The van der Waals surface area contributed by atoms with E-state index in [4.69, 9.17) is 0 Å². The molecule has 4 atom stereocenters. The Morgan fingerprint density at radius 3 is 2.12 bits per heavy atom. The van der Waals surface area contributed by atoms with Gasteiger partial charge in [0.2, 0.25) is 5.91 Å². The second-order valence-electron chi connectivity index (χ2n) is 11.6. The Hall–Kier alpha value is -3.07. The van der Waals surface area contributed by atoms with E-state index >= 15 is 0 Å². The van der Waals surface area contributed by atoms with Gasteiger partial charge in [-0.2, -0.15) is 26.3 Å². The number of carbonyl (C=O) groups excluding carboxylic acids is 2. The highest BCUT2D eigenvalue weighted by atomic mass is 32.2. The summed E-state index contributed by atoms with van der Waals surface area (Å²) < 4.78 is 136. The van der Waals surface area contributed by atoms with E-state index in [-0.39, 0.29) is 42.7 Å². The van der Waals surface area contributed by atoms with Crippen molar-refractivity contribution < 1.29 is 58.2 Å². The molecule has 236 valence electrons. The Bertz CT molecular complexity index is 1500. The highest BCUT2D eigenvalue weighted by molar-refractivity contribution is 7.92. The van der Waals surface area contributed by atoms with E-state index in [0.29, 0.717) is 12.1 Å².